The number of ether oxygens (including phenoxy) is 3. The van der Waals surface area contributed by atoms with Crippen LogP contribution in [0.5, 0.6) is 17.2 Å². The number of hydrogen-bond acceptors (Lipinski definition) is 7. The fourth-order valence-electron chi connectivity index (χ4n) is 5.82. The molecule has 46 heavy (non-hydrogen) atoms. The quantitative estimate of drug-likeness (QED) is 0.115. The first-order chi connectivity index (χ1) is 22.7. The number of fused-ring (bicyclic) bond motifs is 2. The first-order valence-electron chi connectivity index (χ1n) is 15.8. The molecule has 8 heteroatoms. The number of aryl methyl sites for hydroxylation is 1. The van der Waals surface area contributed by atoms with E-state index in [0.29, 0.717) is 23.4 Å². The maximum atomic E-state index is 13.3. The van der Waals surface area contributed by atoms with Crippen LogP contribution in [0.3, 0.4) is 0 Å². The van der Waals surface area contributed by atoms with Gasteiger partial charge in [-0.15, -0.1) is 11.3 Å². The summed E-state index contributed by atoms with van der Waals surface area (Å²) < 4.78 is 19.1. The Morgan fingerprint density at radius 3 is 2.35 bits per heavy atom. The fourth-order valence-corrected chi connectivity index (χ4v) is 6.60. The minimum absolute atomic E-state index is 0.0102. The van der Waals surface area contributed by atoms with Crippen LogP contribution in [0.25, 0.3) is 32.8 Å². The summed E-state index contributed by atoms with van der Waals surface area (Å²) in [5.74, 6) is 2.19. The minimum Gasteiger partial charge on any atom is -0.493 e. The van der Waals surface area contributed by atoms with E-state index in [1.807, 2.05) is 42.5 Å². The van der Waals surface area contributed by atoms with E-state index in [1.165, 1.54) is 10.3 Å². The van der Waals surface area contributed by atoms with Crippen LogP contribution in [-0.2, 0) is 6.54 Å². The van der Waals surface area contributed by atoms with Gasteiger partial charge >= 0.3 is 0 Å². The molecule has 0 saturated carbocycles. The van der Waals surface area contributed by atoms with Crippen molar-refractivity contribution in [2.45, 2.75) is 38.3 Å². The molecule has 2 aromatic heterocycles. The van der Waals surface area contributed by atoms with Crippen LogP contribution in [0.4, 0.5) is 0 Å². The van der Waals surface area contributed by atoms with Gasteiger partial charge in [0.15, 0.2) is 11.5 Å². The molecule has 0 aliphatic carbocycles. The van der Waals surface area contributed by atoms with E-state index in [-0.39, 0.29) is 11.7 Å². The Bertz CT molecular complexity index is 1950. The molecule has 1 N–H and O–H groups in total. The summed E-state index contributed by atoms with van der Waals surface area (Å²) in [4.78, 5) is 14.6. The summed E-state index contributed by atoms with van der Waals surface area (Å²) in [6.07, 6.45) is 3.72. The monoisotopic (exact) mass is 633 g/mol. The lowest BCUT2D eigenvalue weighted by Gasteiger charge is -2.20. The van der Waals surface area contributed by atoms with Crippen molar-refractivity contribution in [1.82, 2.24) is 15.1 Å². The average Bonchev–Trinajstić information content (AvgIpc) is 3.65. The lowest BCUT2D eigenvalue weighted by molar-refractivity contribution is 0.200. The van der Waals surface area contributed by atoms with Gasteiger partial charge < -0.3 is 19.5 Å². The van der Waals surface area contributed by atoms with E-state index in [2.05, 4.69) is 65.3 Å². The zero-order valence-electron chi connectivity index (χ0n) is 26.3. The predicted molar refractivity (Wildman–Crippen MR) is 188 cm³/mol. The third-order valence-corrected chi connectivity index (χ3v) is 9.18. The molecule has 6 aromatic rings. The number of nitrogens with one attached hydrogen (secondary N) is 1. The standard InChI is InChI=1S/C38H39N3O4S/c1-43-33-20-19-28(26-35(33)44-2)37-30-15-6-7-16-31(30)38(42)41(40-37)24-9-3-8-22-39-23-21-34(36-18-11-25-46-36)45-32-17-10-13-27-12-4-5-14-29(27)32/h4-7,10-20,25-26,34,39H,3,8-9,21-24H2,1-2H3/t34-/m1/s1. The second kappa shape index (κ2) is 15.1. The molecule has 0 fully saturated rings. The molecule has 0 aliphatic heterocycles. The molecule has 0 aliphatic rings. The van der Waals surface area contributed by atoms with Crippen LogP contribution in [-0.4, -0.2) is 37.1 Å². The maximum Gasteiger partial charge on any atom is 0.274 e. The zero-order chi connectivity index (χ0) is 31.7. The van der Waals surface area contributed by atoms with Gasteiger partial charge in [0, 0.05) is 34.2 Å². The molecule has 6 rings (SSSR count). The van der Waals surface area contributed by atoms with Gasteiger partial charge in [0.05, 0.1) is 25.3 Å². The molecule has 7 nitrogen and oxygen atoms in total. The number of aromatic nitrogens is 2. The van der Waals surface area contributed by atoms with Gasteiger partial charge in [-0.1, -0.05) is 67.1 Å². The minimum atomic E-state index is -0.0660. The van der Waals surface area contributed by atoms with Crippen LogP contribution in [0.15, 0.2) is 107 Å². The summed E-state index contributed by atoms with van der Waals surface area (Å²) in [5.41, 5.74) is 1.56. The van der Waals surface area contributed by atoms with Crippen molar-refractivity contribution in [2.24, 2.45) is 0 Å². The summed E-state index contributed by atoms with van der Waals surface area (Å²) in [5, 5.41) is 14.3. The molecule has 0 radical (unpaired) electrons. The van der Waals surface area contributed by atoms with Crippen molar-refractivity contribution in [1.29, 1.82) is 0 Å². The molecule has 236 valence electrons. The van der Waals surface area contributed by atoms with Crippen LogP contribution < -0.4 is 25.1 Å². The highest BCUT2D eigenvalue weighted by molar-refractivity contribution is 7.10. The topological polar surface area (TPSA) is 74.6 Å². The Kier molecular flexibility index (Phi) is 10.3. The molecular weight excluding hydrogens is 595 g/mol. The Labute approximate surface area is 273 Å². The van der Waals surface area contributed by atoms with E-state index in [1.54, 1.807) is 30.2 Å². The SMILES string of the molecule is COc1ccc(-c2nn(CCCCCNCC[C@@H](Oc3cccc4ccccc34)c3cccs3)c(=O)c3ccccc23)cc1OC. The summed E-state index contributed by atoms with van der Waals surface area (Å²) >= 11 is 1.73. The Morgan fingerprint density at radius 2 is 1.54 bits per heavy atom. The zero-order valence-corrected chi connectivity index (χ0v) is 27.1. The molecular formula is C38H39N3O4S. The van der Waals surface area contributed by atoms with Gasteiger partial charge in [-0.25, -0.2) is 4.68 Å². The third-order valence-electron chi connectivity index (χ3n) is 8.21. The largest absolute Gasteiger partial charge is 0.493 e. The molecule has 0 saturated heterocycles. The summed E-state index contributed by atoms with van der Waals surface area (Å²) in [7, 11) is 3.23. The van der Waals surface area contributed by atoms with E-state index in [0.717, 1.165) is 66.6 Å². The van der Waals surface area contributed by atoms with Crippen molar-refractivity contribution in [2.75, 3.05) is 27.3 Å². The smallest absolute Gasteiger partial charge is 0.274 e. The number of benzene rings is 4. The molecule has 1 atom stereocenters. The highest BCUT2D eigenvalue weighted by Gasteiger charge is 2.17. The number of methoxy groups -OCH3 is 2. The number of hydrogen-bond donors (Lipinski definition) is 1. The van der Waals surface area contributed by atoms with Crippen molar-refractivity contribution in [3.63, 3.8) is 0 Å². The second-order valence-corrected chi connectivity index (χ2v) is 12.2. The average molecular weight is 634 g/mol. The van der Waals surface area contributed by atoms with Crippen molar-refractivity contribution < 1.29 is 14.2 Å². The first-order valence-corrected chi connectivity index (χ1v) is 16.6. The van der Waals surface area contributed by atoms with Crippen molar-refractivity contribution >= 4 is 32.9 Å². The van der Waals surface area contributed by atoms with Crippen molar-refractivity contribution in [3.8, 4) is 28.5 Å². The van der Waals surface area contributed by atoms with Gasteiger partial charge in [0.2, 0.25) is 0 Å². The summed E-state index contributed by atoms with van der Waals surface area (Å²) in [6.45, 7) is 2.32. The van der Waals surface area contributed by atoms with E-state index in [9.17, 15) is 4.79 Å². The first kappa shape index (κ1) is 31.3. The molecule has 2 heterocycles. The van der Waals surface area contributed by atoms with E-state index in [4.69, 9.17) is 19.3 Å². The predicted octanol–water partition coefficient (Wildman–Crippen LogP) is 8.27. The number of unbranched alkanes of at least 4 members (excludes halogenated alkanes) is 2. The molecule has 0 amide bonds. The van der Waals surface area contributed by atoms with Crippen molar-refractivity contribution in [3.05, 3.63) is 118 Å². The molecule has 0 unspecified atom stereocenters. The van der Waals surface area contributed by atoms with E-state index < -0.39 is 0 Å². The van der Waals surface area contributed by atoms with Gasteiger partial charge in [-0.2, -0.15) is 5.10 Å². The fraction of sp³-hybridized carbons (Fsp3) is 0.263. The normalized spacial score (nSPS) is 12.0. The van der Waals surface area contributed by atoms with Gasteiger partial charge in [-0.05, 0) is 73.1 Å². The number of thiophene rings is 1. The van der Waals surface area contributed by atoms with Gasteiger partial charge in [0.25, 0.3) is 5.56 Å². The number of nitrogens with zero attached hydrogens (tertiary/aromatic N) is 2. The van der Waals surface area contributed by atoms with Gasteiger partial charge in [0.1, 0.15) is 11.9 Å². The lowest BCUT2D eigenvalue weighted by atomic mass is 10.0. The third kappa shape index (κ3) is 7.09. The van der Waals surface area contributed by atoms with Crippen LogP contribution in [0.2, 0.25) is 0 Å². The lowest BCUT2D eigenvalue weighted by Crippen LogP contribution is -2.24. The second-order valence-electron chi connectivity index (χ2n) is 11.2. The Balaban J connectivity index is 1.04. The van der Waals surface area contributed by atoms with E-state index >= 15 is 0 Å². The highest BCUT2D eigenvalue weighted by Crippen LogP contribution is 2.34. The molecule has 4 aromatic carbocycles. The Hall–Kier alpha value is -4.66. The van der Waals surface area contributed by atoms with Crippen LogP contribution >= 0.6 is 11.3 Å². The molecule has 0 spiro atoms. The van der Waals surface area contributed by atoms with Crippen LogP contribution in [0.1, 0.15) is 36.7 Å². The summed E-state index contributed by atoms with van der Waals surface area (Å²) in [6, 6.07) is 32.2. The maximum absolute atomic E-state index is 13.3. The molecule has 0 bridgehead atoms. The van der Waals surface area contributed by atoms with Gasteiger partial charge in [-0.3, -0.25) is 4.79 Å². The Morgan fingerprint density at radius 1 is 0.761 bits per heavy atom. The highest BCUT2D eigenvalue weighted by atomic mass is 32.1. The van der Waals surface area contributed by atoms with Crippen LogP contribution in [0, 0.1) is 0 Å². The number of rotatable bonds is 15.